The molecule has 0 saturated heterocycles. The predicted octanol–water partition coefficient (Wildman–Crippen LogP) is 4.53. The summed E-state index contributed by atoms with van der Waals surface area (Å²) in [5.74, 6) is 0. The third-order valence-electron chi connectivity index (χ3n) is 3.15. The molecule has 0 aliphatic carbocycles. The monoisotopic (exact) mass is 300 g/mol. The van der Waals surface area contributed by atoms with E-state index in [1.54, 1.807) is 13.0 Å². The fourth-order valence-electron chi connectivity index (χ4n) is 2.26. The van der Waals surface area contributed by atoms with Crippen molar-refractivity contribution in [1.29, 1.82) is 0 Å². The van der Waals surface area contributed by atoms with E-state index in [2.05, 4.69) is 0 Å². The molecule has 0 aliphatic heterocycles. The zero-order valence-electron chi connectivity index (χ0n) is 11.2. The number of benzene rings is 1. The maximum Gasteiger partial charge on any atom is 0.416 e. The number of hydrogen-bond donors (Lipinski definition) is 1. The number of hydrogen-bond acceptors (Lipinski definition) is 2. The van der Waals surface area contributed by atoms with E-state index in [0.717, 1.165) is 22.6 Å². The molecule has 1 N–H and O–H groups in total. The molecule has 2 rings (SSSR count). The van der Waals surface area contributed by atoms with Gasteiger partial charge in [-0.1, -0.05) is 18.2 Å². The lowest BCUT2D eigenvalue weighted by Crippen LogP contribution is -2.24. The molecule has 1 nitrogen and oxygen atoms in total. The van der Waals surface area contributed by atoms with Crippen molar-refractivity contribution in [2.24, 2.45) is 0 Å². The van der Waals surface area contributed by atoms with Gasteiger partial charge in [-0.2, -0.15) is 13.2 Å². The van der Waals surface area contributed by atoms with Crippen LogP contribution >= 0.6 is 11.3 Å². The normalized spacial score (nSPS) is 15.1. The molecule has 0 bridgehead atoms. The molecule has 1 heterocycles. The van der Waals surface area contributed by atoms with E-state index in [-0.39, 0.29) is 6.42 Å². The summed E-state index contributed by atoms with van der Waals surface area (Å²) in [6, 6.07) is 6.99. The molecule has 1 aromatic carbocycles. The molecule has 0 aliphatic rings. The van der Waals surface area contributed by atoms with E-state index in [0.29, 0.717) is 5.56 Å². The second kappa shape index (κ2) is 5.22. The Labute approximate surface area is 119 Å². The fraction of sp³-hybridized carbons (Fsp3) is 0.333. The fourth-order valence-corrected chi connectivity index (χ4v) is 3.25. The highest BCUT2D eigenvalue weighted by molar-refractivity contribution is 7.10. The van der Waals surface area contributed by atoms with Gasteiger partial charge in [0.15, 0.2) is 0 Å². The summed E-state index contributed by atoms with van der Waals surface area (Å²) in [4.78, 5) is 0.787. The minimum absolute atomic E-state index is 0.151. The molecule has 0 fully saturated rings. The molecule has 5 heteroatoms. The maximum absolute atomic E-state index is 12.7. The van der Waals surface area contributed by atoms with Gasteiger partial charge in [-0.3, -0.25) is 0 Å². The van der Waals surface area contributed by atoms with Gasteiger partial charge in [-0.05, 0) is 42.5 Å². The maximum atomic E-state index is 12.7. The van der Waals surface area contributed by atoms with Gasteiger partial charge in [-0.15, -0.1) is 11.3 Å². The quantitative estimate of drug-likeness (QED) is 0.883. The highest BCUT2D eigenvalue weighted by Gasteiger charge is 2.32. The Hall–Kier alpha value is -1.33. The molecule has 0 saturated carbocycles. The van der Waals surface area contributed by atoms with Crippen LogP contribution in [0.5, 0.6) is 0 Å². The van der Waals surface area contributed by atoms with Gasteiger partial charge in [-0.25, -0.2) is 0 Å². The number of alkyl halides is 3. The van der Waals surface area contributed by atoms with E-state index >= 15 is 0 Å². The second-order valence-corrected chi connectivity index (χ2v) is 6.00. The van der Waals surface area contributed by atoms with Crippen LogP contribution in [0.3, 0.4) is 0 Å². The van der Waals surface area contributed by atoms with Crippen LogP contribution in [-0.4, -0.2) is 5.11 Å². The van der Waals surface area contributed by atoms with Crippen LogP contribution in [0.4, 0.5) is 13.2 Å². The highest BCUT2D eigenvalue weighted by atomic mass is 32.1. The first-order chi connectivity index (χ1) is 9.20. The van der Waals surface area contributed by atoms with Gasteiger partial charge in [0, 0.05) is 11.3 Å². The van der Waals surface area contributed by atoms with E-state index in [4.69, 9.17) is 0 Å². The lowest BCUT2D eigenvalue weighted by molar-refractivity contribution is -0.137. The Morgan fingerprint density at radius 3 is 2.45 bits per heavy atom. The topological polar surface area (TPSA) is 20.2 Å². The van der Waals surface area contributed by atoms with Crippen molar-refractivity contribution in [3.8, 4) is 0 Å². The van der Waals surface area contributed by atoms with Gasteiger partial charge in [0.2, 0.25) is 0 Å². The zero-order chi connectivity index (χ0) is 15.0. The van der Waals surface area contributed by atoms with Crippen molar-refractivity contribution in [3.63, 3.8) is 0 Å². The molecule has 0 radical (unpaired) electrons. The van der Waals surface area contributed by atoms with Crippen molar-refractivity contribution in [3.05, 3.63) is 57.3 Å². The molecule has 0 amide bonds. The zero-order valence-corrected chi connectivity index (χ0v) is 12.0. The Balaban J connectivity index is 2.28. The number of halogens is 3. The lowest BCUT2D eigenvalue weighted by Gasteiger charge is -2.23. The van der Waals surface area contributed by atoms with Crippen LogP contribution in [-0.2, 0) is 18.2 Å². The van der Waals surface area contributed by atoms with Crippen LogP contribution in [0.25, 0.3) is 0 Å². The molecule has 1 unspecified atom stereocenters. The summed E-state index contributed by atoms with van der Waals surface area (Å²) < 4.78 is 38.0. The predicted molar refractivity (Wildman–Crippen MR) is 73.8 cm³/mol. The van der Waals surface area contributed by atoms with Gasteiger partial charge in [0.25, 0.3) is 0 Å². The standard InChI is InChI=1S/C15H15F3OS/c1-10-6-7-20-13(10)14(2,19)9-11-4-3-5-12(8-11)15(16,17)18/h3-8,19H,9H2,1-2H3. The van der Waals surface area contributed by atoms with Crippen LogP contribution in [0, 0.1) is 6.92 Å². The largest absolute Gasteiger partial charge is 0.416 e. The molecule has 108 valence electrons. The number of thiophene rings is 1. The van der Waals surface area contributed by atoms with Crippen LogP contribution in [0.1, 0.15) is 28.5 Å². The van der Waals surface area contributed by atoms with Crippen LogP contribution < -0.4 is 0 Å². The summed E-state index contributed by atoms with van der Waals surface area (Å²) in [7, 11) is 0. The molecule has 1 atom stereocenters. The third-order valence-corrected chi connectivity index (χ3v) is 4.42. The first-order valence-electron chi connectivity index (χ1n) is 6.13. The van der Waals surface area contributed by atoms with E-state index < -0.39 is 17.3 Å². The smallest absolute Gasteiger partial charge is 0.384 e. The average molecular weight is 300 g/mol. The van der Waals surface area contributed by atoms with Crippen LogP contribution in [0.15, 0.2) is 35.7 Å². The second-order valence-electron chi connectivity index (χ2n) is 5.08. The number of aliphatic hydroxyl groups is 1. The van der Waals surface area contributed by atoms with Crippen molar-refractivity contribution in [2.75, 3.05) is 0 Å². The summed E-state index contributed by atoms with van der Waals surface area (Å²) in [5.41, 5.74) is -0.430. The SMILES string of the molecule is Cc1ccsc1C(C)(O)Cc1cccc(C(F)(F)F)c1. The van der Waals surface area contributed by atoms with Crippen molar-refractivity contribution < 1.29 is 18.3 Å². The first kappa shape index (κ1) is 15.1. The molecule has 1 aromatic heterocycles. The Bertz CT molecular complexity index is 599. The minimum Gasteiger partial charge on any atom is -0.384 e. The van der Waals surface area contributed by atoms with Crippen molar-refractivity contribution >= 4 is 11.3 Å². The van der Waals surface area contributed by atoms with Gasteiger partial charge >= 0.3 is 6.18 Å². The molecule has 2 aromatic rings. The summed E-state index contributed by atoms with van der Waals surface area (Å²) in [5, 5.41) is 12.4. The summed E-state index contributed by atoms with van der Waals surface area (Å²) in [6.07, 6.45) is -4.21. The molecular formula is C15H15F3OS. The van der Waals surface area contributed by atoms with E-state index in [1.165, 1.54) is 17.4 Å². The summed E-state index contributed by atoms with van der Waals surface area (Å²) in [6.45, 7) is 3.51. The van der Waals surface area contributed by atoms with Crippen LogP contribution in [0.2, 0.25) is 0 Å². The molecular weight excluding hydrogens is 285 g/mol. The number of rotatable bonds is 3. The van der Waals surface area contributed by atoms with Gasteiger partial charge in [0.1, 0.15) is 5.60 Å². The lowest BCUT2D eigenvalue weighted by atomic mass is 9.92. The van der Waals surface area contributed by atoms with Gasteiger partial charge < -0.3 is 5.11 Å². The first-order valence-corrected chi connectivity index (χ1v) is 7.01. The third kappa shape index (κ3) is 3.22. The molecule has 20 heavy (non-hydrogen) atoms. The highest BCUT2D eigenvalue weighted by Crippen LogP contribution is 2.34. The van der Waals surface area contributed by atoms with Gasteiger partial charge in [0.05, 0.1) is 5.56 Å². The van der Waals surface area contributed by atoms with Crippen molar-refractivity contribution in [2.45, 2.75) is 32.0 Å². The van der Waals surface area contributed by atoms with E-state index in [1.807, 2.05) is 18.4 Å². The van der Waals surface area contributed by atoms with E-state index in [9.17, 15) is 18.3 Å². The Morgan fingerprint density at radius 1 is 1.20 bits per heavy atom. The summed E-state index contributed by atoms with van der Waals surface area (Å²) >= 11 is 1.41. The van der Waals surface area contributed by atoms with Crippen molar-refractivity contribution in [1.82, 2.24) is 0 Å². The Morgan fingerprint density at radius 2 is 1.90 bits per heavy atom. The Kier molecular flexibility index (Phi) is 3.93. The minimum atomic E-state index is -4.36. The molecule has 0 spiro atoms. The average Bonchev–Trinajstić information content (AvgIpc) is 2.75. The number of aryl methyl sites for hydroxylation is 1.